The van der Waals surface area contributed by atoms with Crippen molar-refractivity contribution in [2.24, 2.45) is 0 Å². The summed E-state index contributed by atoms with van der Waals surface area (Å²) in [5.41, 5.74) is 3.52. The van der Waals surface area contributed by atoms with Gasteiger partial charge in [-0.05, 0) is 36.1 Å². The van der Waals surface area contributed by atoms with Gasteiger partial charge in [0.15, 0.2) is 0 Å². The Bertz CT molecular complexity index is 1020. The fourth-order valence-electron chi connectivity index (χ4n) is 2.95. The molecule has 1 amide bonds. The van der Waals surface area contributed by atoms with Crippen LogP contribution in [0.1, 0.15) is 25.0 Å². The van der Waals surface area contributed by atoms with Crippen molar-refractivity contribution in [2.45, 2.75) is 33.2 Å². The van der Waals surface area contributed by atoms with Crippen molar-refractivity contribution in [1.29, 1.82) is 0 Å². The van der Waals surface area contributed by atoms with Gasteiger partial charge in [0.25, 0.3) is 0 Å². The number of para-hydroxylation sites is 1. The minimum absolute atomic E-state index is 0.200. The SMILES string of the molecule is CCc1cccc(CC)c1NC(=O)Cn1ncc(-c2ccc(Cl)cc2)nc1=O. The Balaban J connectivity index is 1.78. The molecule has 0 radical (unpaired) electrons. The molecule has 0 atom stereocenters. The number of hydrogen-bond donors (Lipinski definition) is 1. The first-order chi connectivity index (χ1) is 13.5. The molecule has 0 spiro atoms. The molecule has 1 aromatic heterocycles. The van der Waals surface area contributed by atoms with Gasteiger partial charge in [0.1, 0.15) is 6.54 Å². The molecule has 0 aliphatic rings. The number of aromatic nitrogens is 3. The van der Waals surface area contributed by atoms with E-state index in [0.717, 1.165) is 39.9 Å². The lowest BCUT2D eigenvalue weighted by atomic mass is 10.0. The maximum absolute atomic E-state index is 12.5. The molecule has 0 saturated heterocycles. The molecule has 0 saturated carbocycles. The van der Waals surface area contributed by atoms with E-state index in [4.69, 9.17) is 11.6 Å². The predicted octanol–water partition coefficient (Wildman–Crippen LogP) is 3.72. The molecule has 7 heteroatoms. The van der Waals surface area contributed by atoms with E-state index < -0.39 is 5.69 Å². The first-order valence-corrected chi connectivity index (χ1v) is 9.50. The van der Waals surface area contributed by atoms with Crippen LogP contribution in [-0.2, 0) is 24.2 Å². The maximum Gasteiger partial charge on any atom is 0.365 e. The standard InChI is InChI=1S/C21H21ClN4O2/c1-3-14-6-5-7-15(4-2)20(14)25-19(27)13-26-21(28)24-18(12-23-26)16-8-10-17(22)11-9-16/h5-12H,3-4,13H2,1-2H3,(H,25,27). The molecule has 6 nitrogen and oxygen atoms in total. The Morgan fingerprint density at radius 1 is 1.07 bits per heavy atom. The van der Waals surface area contributed by atoms with Crippen molar-refractivity contribution in [3.05, 3.63) is 75.3 Å². The molecule has 3 aromatic rings. The highest BCUT2D eigenvalue weighted by Gasteiger charge is 2.13. The van der Waals surface area contributed by atoms with E-state index >= 15 is 0 Å². The van der Waals surface area contributed by atoms with Gasteiger partial charge < -0.3 is 5.32 Å². The highest BCUT2D eigenvalue weighted by Crippen LogP contribution is 2.22. The summed E-state index contributed by atoms with van der Waals surface area (Å²) in [7, 11) is 0. The monoisotopic (exact) mass is 396 g/mol. The topological polar surface area (TPSA) is 76.9 Å². The smallest absolute Gasteiger partial charge is 0.324 e. The number of carbonyl (C=O) groups is 1. The van der Waals surface area contributed by atoms with Crippen LogP contribution in [0.2, 0.25) is 5.02 Å². The zero-order valence-corrected chi connectivity index (χ0v) is 16.5. The first kappa shape index (κ1) is 19.8. The highest BCUT2D eigenvalue weighted by atomic mass is 35.5. The summed E-state index contributed by atoms with van der Waals surface area (Å²) < 4.78 is 1.05. The number of carbonyl (C=O) groups excluding carboxylic acids is 1. The van der Waals surface area contributed by atoms with E-state index in [1.54, 1.807) is 24.3 Å². The molecule has 1 N–H and O–H groups in total. The van der Waals surface area contributed by atoms with Crippen molar-refractivity contribution in [2.75, 3.05) is 5.32 Å². The van der Waals surface area contributed by atoms with E-state index in [1.807, 2.05) is 32.0 Å². The Labute approximate surface area is 168 Å². The van der Waals surface area contributed by atoms with Crippen molar-refractivity contribution >= 4 is 23.2 Å². The second kappa shape index (κ2) is 8.80. The summed E-state index contributed by atoms with van der Waals surface area (Å²) in [6.07, 6.45) is 3.08. The number of aryl methyl sites for hydroxylation is 2. The normalized spacial score (nSPS) is 10.7. The summed E-state index contributed by atoms with van der Waals surface area (Å²) in [5, 5.41) is 7.62. The Morgan fingerprint density at radius 3 is 2.29 bits per heavy atom. The summed E-state index contributed by atoms with van der Waals surface area (Å²) in [6.45, 7) is 3.87. The van der Waals surface area contributed by atoms with Gasteiger partial charge in [-0.3, -0.25) is 4.79 Å². The number of amides is 1. The molecule has 28 heavy (non-hydrogen) atoms. The fourth-order valence-corrected chi connectivity index (χ4v) is 3.08. The largest absolute Gasteiger partial charge is 0.365 e. The van der Waals surface area contributed by atoms with E-state index in [9.17, 15) is 9.59 Å². The van der Waals surface area contributed by atoms with Crippen LogP contribution in [0.25, 0.3) is 11.3 Å². The van der Waals surface area contributed by atoms with Gasteiger partial charge in [-0.2, -0.15) is 10.1 Å². The van der Waals surface area contributed by atoms with Crippen LogP contribution in [0.5, 0.6) is 0 Å². The van der Waals surface area contributed by atoms with Crippen LogP contribution >= 0.6 is 11.6 Å². The molecule has 0 unspecified atom stereocenters. The van der Waals surface area contributed by atoms with Gasteiger partial charge in [-0.1, -0.05) is 55.8 Å². The zero-order valence-electron chi connectivity index (χ0n) is 15.8. The Morgan fingerprint density at radius 2 is 1.71 bits per heavy atom. The quantitative estimate of drug-likeness (QED) is 0.688. The zero-order chi connectivity index (χ0) is 20.1. The van der Waals surface area contributed by atoms with Crippen molar-refractivity contribution < 1.29 is 4.79 Å². The molecular formula is C21H21ClN4O2. The average Bonchev–Trinajstić information content (AvgIpc) is 2.70. The van der Waals surface area contributed by atoms with Crippen LogP contribution in [0.3, 0.4) is 0 Å². The van der Waals surface area contributed by atoms with Crippen LogP contribution in [0, 0.1) is 0 Å². The average molecular weight is 397 g/mol. The third-order valence-corrected chi connectivity index (χ3v) is 4.70. The number of anilines is 1. The predicted molar refractivity (Wildman–Crippen MR) is 111 cm³/mol. The maximum atomic E-state index is 12.5. The molecule has 0 aliphatic heterocycles. The van der Waals surface area contributed by atoms with E-state index in [0.29, 0.717) is 10.7 Å². The molecular weight excluding hydrogens is 376 g/mol. The number of rotatable bonds is 6. The number of nitrogens with one attached hydrogen (secondary N) is 1. The summed E-state index contributed by atoms with van der Waals surface area (Å²) >= 11 is 5.88. The lowest BCUT2D eigenvalue weighted by Gasteiger charge is -2.14. The van der Waals surface area contributed by atoms with Gasteiger partial charge >= 0.3 is 5.69 Å². The van der Waals surface area contributed by atoms with Crippen molar-refractivity contribution in [3.8, 4) is 11.3 Å². The third-order valence-electron chi connectivity index (χ3n) is 4.45. The lowest BCUT2D eigenvalue weighted by molar-refractivity contribution is -0.117. The Hall–Kier alpha value is -2.99. The minimum atomic E-state index is -0.581. The van der Waals surface area contributed by atoms with Gasteiger partial charge in [0.05, 0.1) is 11.9 Å². The Kier molecular flexibility index (Phi) is 6.21. The van der Waals surface area contributed by atoms with Crippen LogP contribution in [0.15, 0.2) is 53.5 Å². The van der Waals surface area contributed by atoms with Crippen molar-refractivity contribution in [3.63, 3.8) is 0 Å². The number of nitrogens with zero attached hydrogens (tertiary/aromatic N) is 3. The van der Waals surface area contributed by atoms with E-state index in [-0.39, 0.29) is 12.5 Å². The van der Waals surface area contributed by atoms with Crippen LogP contribution in [0.4, 0.5) is 5.69 Å². The summed E-state index contributed by atoms with van der Waals surface area (Å²) in [5.74, 6) is -0.314. The van der Waals surface area contributed by atoms with Gasteiger partial charge in [0.2, 0.25) is 5.91 Å². The van der Waals surface area contributed by atoms with E-state index in [1.165, 1.54) is 6.20 Å². The molecule has 2 aromatic carbocycles. The second-order valence-electron chi connectivity index (χ2n) is 6.30. The number of benzene rings is 2. The second-order valence-corrected chi connectivity index (χ2v) is 6.73. The van der Waals surface area contributed by atoms with Crippen LogP contribution in [-0.4, -0.2) is 20.7 Å². The minimum Gasteiger partial charge on any atom is -0.324 e. The molecule has 0 bridgehead atoms. The molecule has 144 valence electrons. The summed E-state index contributed by atoms with van der Waals surface area (Å²) in [6, 6.07) is 12.9. The summed E-state index contributed by atoms with van der Waals surface area (Å²) in [4.78, 5) is 28.8. The van der Waals surface area contributed by atoms with Crippen molar-refractivity contribution in [1.82, 2.24) is 14.8 Å². The molecule has 1 heterocycles. The fraction of sp³-hybridized carbons (Fsp3) is 0.238. The van der Waals surface area contributed by atoms with Crippen LogP contribution < -0.4 is 11.0 Å². The van der Waals surface area contributed by atoms with Gasteiger partial charge in [-0.25, -0.2) is 9.48 Å². The third kappa shape index (κ3) is 4.46. The molecule has 0 fully saturated rings. The number of halogens is 1. The van der Waals surface area contributed by atoms with E-state index in [2.05, 4.69) is 15.4 Å². The molecule has 3 rings (SSSR count). The first-order valence-electron chi connectivity index (χ1n) is 9.12. The molecule has 0 aliphatic carbocycles. The highest BCUT2D eigenvalue weighted by molar-refractivity contribution is 6.30. The van der Waals surface area contributed by atoms with Gasteiger partial charge in [-0.15, -0.1) is 0 Å². The number of hydrogen-bond acceptors (Lipinski definition) is 4. The van der Waals surface area contributed by atoms with Gasteiger partial charge in [0, 0.05) is 16.3 Å². The lowest BCUT2D eigenvalue weighted by Crippen LogP contribution is -2.31.